The number of primary amides is 1. The highest BCUT2D eigenvalue weighted by Crippen LogP contribution is 2.27. The zero-order valence-electron chi connectivity index (χ0n) is 12.5. The fourth-order valence-corrected chi connectivity index (χ4v) is 3.16. The van der Waals surface area contributed by atoms with Gasteiger partial charge in [0.05, 0.1) is 22.0 Å². The zero-order chi connectivity index (χ0) is 15.7. The molecular formula is C17H17N3OS. The van der Waals surface area contributed by atoms with Gasteiger partial charge in [-0.1, -0.05) is 30.3 Å². The fraction of sp³-hybridized carbons (Fsp3) is 0.176. The van der Waals surface area contributed by atoms with Gasteiger partial charge >= 0.3 is 0 Å². The van der Waals surface area contributed by atoms with Gasteiger partial charge in [0.2, 0.25) is 0 Å². The number of nitrogens with two attached hydrogens (primary N) is 1. The van der Waals surface area contributed by atoms with Crippen molar-refractivity contribution in [1.82, 2.24) is 9.55 Å². The van der Waals surface area contributed by atoms with E-state index in [4.69, 9.17) is 5.73 Å². The first kappa shape index (κ1) is 14.5. The third-order valence-electron chi connectivity index (χ3n) is 3.70. The van der Waals surface area contributed by atoms with E-state index in [9.17, 15) is 4.79 Å². The second kappa shape index (κ2) is 5.77. The molecule has 0 bridgehead atoms. The van der Waals surface area contributed by atoms with Gasteiger partial charge < -0.3 is 10.3 Å². The molecule has 0 spiro atoms. The molecule has 2 aromatic heterocycles. The normalized spacial score (nSPS) is 10.8. The lowest BCUT2D eigenvalue weighted by atomic mass is 10.2. The van der Waals surface area contributed by atoms with Gasteiger partial charge in [-0.15, -0.1) is 11.3 Å². The van der Waals surface area contributed by atoms with Crippen LogP contribution >= 0.6 is 11.3 Å². The molecule has 2 heterocycles. The van der Waals surface area contributed by atoms with E-state index in [1.807, 2.05) is 43.5 Å². The van der Waals surface area contributed by atoms with Crippen molar-refractivity contribution in [3.8, 4) is 11.4 Å². The van der Waals surface area contributed by atoms with Gasteiger partial charge in [0.1, 0.15) is 0 Å². The Bertz CT molecular complexity index is 818. The maximum Gasteiger partial charge on any atom is 0.250 e. The summed E-state index contributed by atoms with van der Waals surface area (Å²) in [6.45, 7) is 4.58. The summed E-state index contributed by atoms with van der Waals surface area (Å²) in [5.74, 6) is -0.405. The first-order chi connectivity index (χ1) is 10.6. The van der Waals surface area contributed by atoms with Crippen molar-refractivity contribution in [3.05, 3.63) is 63.6 Å². The molecule has 22 heavy (non-hydrogen) atoms. The van der Waals surface area contributed by atoms with Gasteiger partial charge in [0, 0.05) is 17.6 Å². The minimum Gasteiger partial charge on any atom is -0.366 e. The van der Waals surface area contributed by atoms with E-state index < -0.39 is 5.91 Å². The molecule has 0 atom stereocenters. The maximum atomic E-state index is 11.7. The fourth-order valence-electron chi connectivity index (χ4n) is 2.56. The largest absolute Gasteiger partial charge is 0.366 e. The lowest BCUT2D eigenvalue weighted by Crippen LogP contribution is -2.12. The predicted octanol–water partition coefficient (Wildman–Crippen LogP) is 3.38. The van der Waals surface area contributed by atoms with Crippen LogP contribution in [0.5, 0.6) is 0 Å². The van der Waals surface area contributed by atoms with Crippen LogP contribution in [0.1, 0.15) is 26.6 Å². The molecule has 0 aliphatic heterocycles. The first-order valence-corrected chi connectivity index (χ1v) is 7.90. The third-order valence-corrected chi connectivity index (χ3v) is 4.47. The molecule has 0 saturated heterocycles. The number of aromatic nitrogens is 2. The van der Waals surface area contributed by atoms with Crippen molar-refractivity contribution in [2.45, 2.75) is 20.4 Å². The second-order valence-corrected chi connectivity index (χ2v) is 6.28. The summed E-state index contributed by atoms with van der Waals surface area (Å²) in [4.78, 5) is 16.2. The van der Waals surface area contributed by atoms with Crippen molar-refractivity contribution in [3.63, 3.8) is 0 Å². The minimum atomic E-state index is -0.405. The van der Waals surface area contributed by atoms with Gasteiger partial charge in [-0.05, 0) is 25.5 Å². The van der Waals surface area contributed by atoms with Gasteiger partial charge in [-0.2, -0.15) is 0 Å². The van der Waals surface area contributed by atoms with Crippen molar-refractivity contribution < 1.29 is 4.79 Å². The van der Waals surface area contributed by atoms with E-state index in [0.717, 1.165) is 22.1 Å². The maximum absolute atomic E-state index is 11.7. The number of amides is 1. The number of carbonyl (C=O) groups excluding carboxylic acids is 1. The Morgan fingerprint density at radius 3 is 2.59 bits per heavy atom. The number of aryl methyl sites for hydroxylation is 1. The molecule has 3 rings (SSSR count). The van der Waals surface area contributed by atoms with Crippen LogP contribution < -0.4 is 5.73 Å². The monoisotopic (exact) mass is 311 g/mol. The molecule has 0 aliphatic carbocycles. The van der Waals surface area contributed by atoms with Crippen molar-refractivity contribution in [2.75, 3.05) is 0 Å². The number of hydrogen-bond donors (Lipinski definition) is 1. The number of carbonyl (C=O) groups is 1. The Morgan fingerprint density at radius 2 is 2.00 bits per heavy atom. The van der Waals surface area contributed by atoms with Crippen LogP contribution in [0.2, 0.25) is 0 Å². The van der Waals surface area contributed by atoms with E-state index in [-0.39, 0.29) is 0 Å². The summed E-state index contributed by atoms with van der Waals surface area (Å²) in [5.41, 5.74) is 9.91. The first-order valence-electron chi connectivity index (χ1n) is 7.02. The van der Waals surface area contributed by atoms with E-state index in [2.05, 4.69) is 21.7 Å². The van der Waals surface area contributed by atoms with Crippen LogP contribution in [0.3, 0.4) is 0 Å². The van der Waals surface area contributed by atoms with Gasteiger partial charge in [-0.3, -0.25) is 4.79 Å². The molecule has 4 nitrogen and oxygen atoms in total. The molecule has 0 unspecified atom stereocenters. The minimum absolute atomic E-state index is 0.405. The standard InChI is InChI=1S/C17H17N3OS/c1-11-14(17(18)21)8-16(15-10-22-12(2)19-15)20(11)9-13-6-4-3-5-7-13/h3-8,10H,9H2,1-2H3,(H2,18,21). The summed E-state index contributed by atoms with van der Waals surface area (Å²) >= 11 is 1.60. The number of nitrogens with zero attached hydrogens (tertiary/aromatic N) is 2. The second-order valence-electron chi connectivity index (χ2n) is 5.22. The average Bonchev–Trinajstić information content (AvgIpc) is 3.05. The zero-order valence-corrected chi connectivity index (χ0v) is 13.4. The Hall–Kier alpha value is -2.40. The number of rotatable bonds is 4. The molecule has 5 heteroatoms. The smallest absolute Gasteiger partial charge is 0.250 e. The van der Waals surface area contributed by atoms with E-state index in [0.29, 0.717) is 12.1 Å². The Balaban J connectivity index is 2.12. The highest BCUT2D eigenvalue weighted by atomic mass is 32.1. The summed E-state index contributed by atoms with van der Waals surface area (Å²) < 4.78 is 2.10. The SMILES string of the molecule is Cc1nc(-c2cc(C(N)=O)c(C)n2Cc2ccccc2)cs1. The van der Waals surface area contributed by atoms with Crippen LogP contribution in [0.4, 0.5) is 0 Å². The van der Waals surface area contributed by atoms with E-state index in [1.54, 1.807) is 11.3 Å². The molecule has 0 aliphatic rings. The molecule has 3 aromatic rings. The molecule has 2 N–H and O–H groups in total. The number of thiazole rings is 1. The van der Waals surface area contributed by atoms with Gasteiger partial charge in [0.15, 0.2) is 0 Å². The summed E-state index contributed by atoms with van der Waals surface area (Å²) in [6, 6.07) is 12.0. The average molecular weight is 311 g/mol. The lowest BCUT2D eigenvalue weighted by Gasteiger charge is -2.11. The topological polar surface area (TPSA) is 60.9 Å². The number of benzene rings is 1. The van der Waals surface area contributed by atoms with Gasteiger partial charge in [-0.25, -0.2) is 4.98 Å². The lowest BCUT2D eigenvalue weighted by molar-refractivity contribution is 0.0999. The molecule has 112 valence electrons. The number of hydrogen-bond acceptors (Lipinski definition) is 3. The summed E-state index contributed by atoms with van der Waals surface area (Å²) in [6.07, 6.45) is 0. The Morgan fingerprint density at radius 1 is 1.27 bits per heavy atom. The predicted molar refractivity (Wildman–Crippen MR) is 89.1 cm³/mol. The molecule has 0 fully saturated rings. The molecular weight excluding hydrogens is 294 g/mol. The highest BCUT2D eigenvalue weighted by Gasteiger charge is 2.18. The Labute approximate surface area is 133 Å². The quantitative estimate of drug-likeness (QED) is 0.803. The van der Waals surface area contributed by atoms with Crippen LogP contribution in [0, 0.1) is 13.8 Å². The van der Waals surface area contributed by atoms with E-state index in [1.165, 1.54) is 5.56 Å². The molecule has 1 aromatic carbocycles. The molecule has 1 amide bonds. The molecule has 0 saturated carbocycles. The summed E-state index contributed by atoms with van der Waals surface area (Å²) in [5, 5.41) is 3.01. The summed E-state index contributed by atoms with van der Waals surface area (Å²) in [7, 11) is 0. The molecule has 0 radical (unpaired) electrons. The van der Waals surface area contributed by atoms with E-state index >= 15 is 0 Å². The van der Waals surface area contributed by atoms with Gasteiger partial charge in [0.25, 0.3) is 5.91 Å². The third kappa shape index (κ3) is 2.67. The van der Waals surface area contributed by atoms with Crippen LogP contribution in [-0.2, 0) is 6.54 Å². The van der Waals surface area contributed by atoms with Crippen molar-refractivity contribution >= 4 is 17.2 Å². The van der Waals surface area contributed by atoms with Crippen LogP contribution in [-0.4, -0.2) is 15.5 Å². The van der Waals surface area contributed by atoms with Crippen molar-refractivity contribution in [1.29, 1.82) is 0 Å². The highest BCUT2D eigenvalue weighted by molar-refractivity contribution is 7.09. The Kier molecular flexibility index (Phi) is 3.81. The van der Waals surface area contributed by atoms with Crippen molar-refractivity contribution in [2.24, 2.45) is 5.73 Å². The van der Waals surface area contributed by atoms with Crippen LogP contribution in [0.15, 0.2) is 41.8 Å². The van der Waals surface area contributed by atoms with Crippen LogP contribution in [0.25, 0.3) is 11.4 Å².